The largest absolute Gasteiger partial charge is 0.481 e. The maximum Gasteiger partial charge on any atom is 0.305 e. The van der Waals surface area contributed by atoms with Crippen molar-refractivity contribution < 1.29 is 23.1 Å². The standard InChI is InChI=1S/C20H30N2O5S/c1-5-20(4,13-18(23)24)21-19(25)16-8-10-22(11-9-16)28(26,27)17-7-6-14(2)15(3)12-17/h6-7,12,16H,5,8-11,13H2,1-4H3,(H,21,25)(H,23,24). The summed E-state index contributed by atoms with van der Waals surface area (Å²) in [4.78, 5) is 23.9. The third-order valence-corrected chi connectivity index (χ3v) is 7.58. The number of aryl methyl sites for hydroxylation is 2. The van der Waals surface area contributed by atoms with Crippen LogP contribution < -0.4 is 5.32 Å². The Labute approximate surface area is 167 Å². The zero-order chi connectivity index (χ0) is 21.1. The van der Waals surface area contributed by atoms with Gasteiger partial charge in [0.2, 0.25) is 15.9 Å². The van der Waals surface area contributed by atoms with E-state index in [1.807, 2.05) is 20.8 Å². The third kappa shape index (κ3) is 5.11. The highest BCUT2D eigenvalue weighted by Crippen LogP contribution is 2.26. The van der Waals surface area contributed by atoms with Gasteiger partial charge in [0.05, 0.1) is 11.3 Å². The fourth-order valence-corrected chi connectivity index (χ4v) is 4.93. The lowest BCUT2D eigenvalue weighted by Gasteiger charge is -2.34. The summed E-state index contributed by atoms with van der Waals surface area (Å²) in [5.41, 5.74) is 1.16. The van der Waals surface area contributed by atoms with Gasteiger partial charge in [-0.25, -0.2) is 8.42 Å². The number of carboxylic acids is 1. The van der Waals surface area contributed by atoms with E-state index >= 15 is 0 Å². The number of benzene rings is 1. The number of nitrogens with one attached hydrogen (secondary N) is 1. The van der Waals surface area contributed by atoms with Crippen molar-refractivity contribution in [3.63, 3.8) is 0 Å². The van der Waals surface area contributed by atoms with Gasteiger partial charge in [0.25, 0.3) is 0 Å². The number of carbonyl (C=O) groups excluding carboxylic acids is 1. The van der Waals surface area contributed by atoms with Gasteiger partial charge < -0.3 is 10.4 Å². The molecule has 1 aromatic carbocycles. The highest BCUT2D eigenvalue weighted by Gasteiger charge is 2.35. The maximum atomic E-state index is 12.9. The molecule has 1 heterocycles. The van der Waals surface area contributed by atoms with Gasteiger partial charge in [-0.05, 0) is 63.3 Å². The molecule has 156 valence electrons. The zero-order valence-electron chi connectivity index (χ0n) is 17.0. The molecule has 1 saturated heterocycles. The molecule has 2 N–H and O–H groups in total. The van der Waals surface area contributed by atoms with Gasteiger partial charge in [0, 0.05) is 24.5 Å². The van der Waals surface area contributed by atoms with Crippen LogP contribution in [-0.2, 0) is 19.6 Å². The second kappa shape index (κ2) is 8.61. The average molecular weight is 411 g/mol. The number of carbonyl (C=O) groups is 2. The van der Waals surface area contributed by atoms with Crippen molar-refractivity contribution in [3.05, 3.63) is 29.3 Å². The lowest BCUT2D eigenvalue weighted by atomic mass is 9.91. The van der Waals surface area contributed by atoms with Gasteiger partial charge in [0.1, 0.15) is 0 Å². The molecular weight excluding hydrogens is 380 g/mol. The molecule has 1 aromatic rings. The molecule has 0 saturated carbocycles. The summed E-state index contributed by atoms with van der Waals surface area (Å²) >= 11 is 0. The van der Waals surface area contributed by atoms with Crippen LogP contribution in [0.1, 0.15) is 50.7 Å². The molecule has 7 nitrogen and oxygen atoms in total. The summed E-state index contributed by atoms with van der Waals surface area (Å²) in [5, 5.41) is 11.9. The molecule has 0 radical (unpaired) electrons. The molecule has 2 rings (SSSR count). The van der Waals surface area contributed by atoms with Gasteiger partial charge >= 0.3 is 5.97 Å². The number of piperidine rings is 1. The lowest BCUT2D eigenvalue weighted by Crippen LogP contribution is -2.51. The first-order chi connectivity index (χ1) is 13.0. The van der Waals surface area contributed by atoms with Crippen molar-refractivity contribution in [2.24, 2.45) is 5.92 Å². The smallest absolute Gasteiger partial charge is 0.305 e. The first kappa shape index (κ1) is 22.4. The van der Waals surface area contributed by atoms with Crippen molar-refractivity contribution in [2.75, 3.05) is 13.1 Å². The molecular formula is C20H30N2O5S. The fourth-order valence-electron chi connectivity index (χ4n) is 3.37. The van der Waals surface area contributed by atoms with Crippen LogP contribution in [0, 0.1) is 19.8 Å². The molecule has 1 atom stereocenters. The Bertz CT molecular complexity index is 844. The highest BCUT2D eigenvalue weighted by molar-refractivity contribution is 7.89. The van der Waals surface area contributed by atoms with E-state index in [1.165, 1.54) is 4.31 Å². The van der Waals surface area contributed by atoms with Crippen LogP contribution in [0.3, 0.4) is 0 Å². The van der Waals surface area contributed by atoms with Gasteiger partial charge in [-0.1, -0.05) is 13.0 Å². The number of hydrogen-bond acceptors (Lipinski definition) is 4. The number of amides is 1. The minimum Gasteiger partial charge on any atom is -0.481 e. The number of hydrogen-bond donors (Lipinski definition) is 2. The second-order valence-electron chi connectivity index (χ2n) is 7.90. The van der Waals surface area contributed by atoms with E-state index < -0.39 is 21.5 Å². The van der Waals surface area contributed by atoms with E-state index in [4.69, 9.17) is 5.11 Å². The third-order valence-electron chi connectivity index (χ3n) is 5.69. The van der Waals surface area contributed by atoms with Crippen molar-refractivity contribution in [1.82, 2.24) is 9.62 Å². The zero-order valence-corrected chi connectivity index (χ0v) is 17.8. The number of aliphatic carboxylic acids is 1. The molecule has 0 aromatic heterocycles. The molecule has 1 aliphatic rings. The number of nitrogens with zero attached hydrogens (tertiary/aromatic N) is 1. The van der Waals surface area contributed by atoms with E-state index in [2.05, 4.69) is 5.32 Å². The van der Waals surface area contributed by atoms with E-state index in [-0.39, 0.29) is 36.2 Å². The van der Waals surface area contributed by atoms with Crippen molar-refractivity contribution in [1.29, 1.82) is 0 Å². The van der Waals surface area contributed by atoms with E-state index in [1.54, 1.807) is 25.1 Å². The summed E-state index contributed by atoms with van der Waals surface area (Å²) in [5.74, 6) is -1.47. The summed E-state index contributed by atoms with van der Waals surface area (Å²) in [7, 11) is -3.58. The van der Waals surface area contributed by atoms with E-state index in [0.717, 1.165) is 11.1 Å². The van der Waals surface area contributed by atoms with Crippen LogP contribution in [0.4, 0.5) is 0 Å². The van der Waals surface area contributed by atoms with Crippen molar-refractivity contribution in [3.8, 4) is 0 Å². The fraction of sp³-hybridized carbons (Fsp3) is 0.600. The Hall–Kier alpha value is -1.93. The SMILES string of the molecule is CCC(C)(CC(=O)O)NC(=O)C1CCN(S(=O)(=O)c2ccc(C)c(C)c2)CC1. The Morgan fingerprint density at radius 1 is 1.21 bits per heavy atom. The topological polar surface area (TPSA) is 104 Å². The highest BCUT2D eigenvalue weighted by atomic mass is 32.2. The summed E-state index contributed by atoms with van der Waals surface area (Å²) in [6.45, 7) is 7.92. The normalized spacial score (nSPS) is 18.4. The van der Waals surface area contributed by atoms with Gasteiger partial charge in [-0.15, -0.1) is 0 Å². The molecule has 28 heavy (non-hydrogen) atoms. The Morgan fingerprint density at radius 2 is 1.82 bits per heavy atom. The van der Waals surface area contributed by atoms with Crippen LogP contribution in [0.15, 0.2) is 23.1 Å². The van der Waals surface area contributed by atoms with Crippen LogP contribution in [0.2, 0.25) is 0 Å². The summed E-state index contributed by atoms with van der Waals surface area (Å²) < 4.78 is 27.2. The lowest BCUT2D eigenvalue weighted by molar-refractivity contribution is -0.139. The van der Waals surface area contributed by atoms with Gasteiger partial charge in [-0.3, -0.25) is 9.59 Å². The van der Waals surface area contributed by atoms with Crippen molar-refractivity contribution >= 4 is 21.9 Å². The molecule has 0 spiro atoms. The van der Waals surface area contributed by atoms with Crippen LogP contribution in [0.25, 0.3) is 0 Å². The van der Waals surface area contributed by atoms with Crippen molar-refractivity contribution in [2.45, 2.75) is 63.8 Å². The first-order valence-corrected chi connectivity index (χ1v) is 11.0. The summed E-state index contributed by atoms with van der Waals surface area (Å²) in [6.07, 6.45) is 1.20. The predicted molar refractivity (Wildman–Crippen MR) is 106 cm³/mol. The predicted octanol–water partition coefficient (Wildman–Crippen LogP) is 2.46. The quantitative estimate of drug-likeness (QED) is 0.719. The molecule has 1 unspecified atom stereocenters. The van der Waals surface area contributed by atoms with Gasteiger partial charge in [-0.2, -0.15) is 4.31 Å². The average Bonchev–Trinajstić information content (AvgIpc) is 2.63. The number of carboxylic acid groups (broad SMARTS) is 1. The molecule has 1 aliphatic heterocycles. The molecule has 8 heteroatoms. The molecule has 0 bridgehead atoms. The monoisotopic (exact) mass is 410 g/mol. The number of sulfonamides is 1. The van der Waals surface area contributed by atoms with Crippen LogP contribution in [0.5, 0.6) is 0 Å². The first-order valence-electron chi connectivity index (χ1n) is 9.60. The maximum absolute atomic E-state index is 12.9. The minimum absolute atomic E-state index is 0.144. The molecule has 0 aliphatic carbocycles. The van der Waals surface area contributed by atoms with E-state index in [9.17, 15) is 18.0 Å². The Kier molecular flexibility index (Phi) is 6.88. The van der Waals surface area contributed by atoms with Crippen LogP contribution >= 0.6 is 0 Å². The Morgan fingerprint density at radius 3 is 2.32 bits per heavy atom. The summed E-state index contributed by atoms with van der Waals surface area (Å²) in [6, 6.07) is 5.10. The van der Waals surface area contributed by atoms with Crippen LogP contribution in [-0.4, -0.2) is 48.3 Å². The van der Waals surface area contributed by atoms with Gasteiger partial charge in [0.15, 0.2) is 0 Å². The Balaban J connectivity index is 2.02. The minimum atomic E-state index is -3.58. The molecule has 1 amide bonds. The second-order valence-corrected chi connectivity index (χ2v) is 9.84. The van der Waals surface area contributed by atoms with E-state index in [0.29, 0.717) is 19.3 Å². The molecule has 1 fully saturated rings. The number of rotatable bonds is 7.